The molecular weight excluding hydrogens is 262 g/mol. The van der Waals surface area contributed by atoms with E-state index in [1.165, 1.54) is 19.2 Å². The van der Waals surface area contributed by atoms with Gasteiger partial charge in [-0.3, -0.25) is 14.9 Å². The van der Waals surface area contributed by atoms with Gasteiger partial charge < -0.3 is 15.4 Å². The average molecular weight is 279 g/mol. The van der Waals surface area contributed by atoms with Gasteiger partial charge in [0.05, 0.1) is 11.5 Å². The number of carbonyl (C=O) groups excluding carboxylic acids is 1. The first-order valence-electron chi connectivity index (χ1n) is 6.32. The van der Waals surface area contributed by atoms with Gasteiger partial charge >= 0.3 is 0 Å². The number of ether oxygens (including phenoxy) is 1. The SMILES string of the molecule is COCC(N)C(=O)N1CCc2ccc([N+](=O)[O-])cc2C1. The van der Waals surface area contributed by atoms with Crippen LogP contribution in [-0.2, 0) is 22.5 Å². The Morgan fingerprint density at radius 2 is 2.30 bits per heavy atom. The topological polar surface area (TPSA) is 98.7 Å². The molecule has 7 nitrogen and oxygen atoms in total. The second-order valence-corrected chi connectivity index (χ2v) is 4.78. The fourth-order valence-corrected chi connectivity index (χ4v) is 2.33. The van der Waals surface area contributed by atoms with E-state index >= 15 is 0 Å². The molecule has 0 radical (unpaired) electrons. The quantitative estimate of drug-likeness (QED) is 0.637. The third-order valence-corrected chi connectivity index (χ3v) is 3.39. The van der Waals surface area contributed by atoms with Crippen LogP contribution in [0.2, 0.25) is 0 Å². The maximum atomic E-state index is 12.1. The van der Waals surface area contributed by atoms with Crippen molar-refractivity contribution in [2.45, 2.75) is 19.0 Å². The van der Waals surface area contributed by atoms with Gasteiger partial charge in [0, 0.05) is 32.3 Å². The molecule has 1 unspecified atom stereocenters. The molecule has 2 N–H and O–H groups in total. The maximum absolute atomic E-state index is 12.1. The van der Waals surface area contributed by atoms with E-state index in [2.05, 4.69) is 0 Å². The molecule has 0 aliphatic carbocycles. The number of rotatable bonds is 4. The smallest absolute Gasteiger partial charge is 0.269 e. The van der Waals surface area contributed by atoms with Crippen molar-refractivity contribution in [1.82, 2.24) is 4.90 Å². The lowest BCUT2D eigenvalue weighted by Gasteiger charge is -2.30. The van der Waals surface area contributed by atoms with Crippen LogP contribution < -0.4 is 5.73 Å². The molecule has 0 bridgehead atoms. The molecule has 0 aromatic heterocycles. The van der Waals surface area contributed by atoms with Crippen LogP contribution in [0.4, 0.5) is 5.69 Å². The van der Waals surface area contributed by atoms with Gasteiger partial charge in [-0.1, -0.05) is 6.07 Å². The van der Waals surface area contributed by atoms with Gasteiger partial charge in [-0.15, -0.1) is 0 Å². The predicted molar refractivity (Wildman–Crippen MR) is 72.1 cm³/mol. The van der Waals surface area contributed by atoms with Gasteiger partial charge in [-0.25, -0.2) is 0 Å². The number of carbonyl (C=O) groups is 1. The highest BCUT2D eigenvalue weighted by Gasteiger charge is 2.26. The number of methoxy groups -OCH3 is 1. The highest BCUT2D eigenvalue weighted by Crippen LogP contribution is 2.24. The molecule has 0 spiro atoms. The van der Waals surface area contributed by atoms with Crippen molar-refractivity contribution in [3.8, 4) is 0 Å². The molecule has 20 heavy (non-hydrogen) atoms. The number of hydrogen-bond donors (Lipinski definition) is 1. The summed E-state index contributed by atoms with van der Waals surface area (Å²) in [6, 6.07) is 4.08. The van der Waals surface area contributed by atoms with Crippen LogP contribution in [0.15, 0.2) is 18.2 Å². The Morgan fingerprint density at radius 1 is 1.55 bits per heavy atom. The van der Waals surface area contributed by atoms with Crippen LogP contribution in [-0.4, -0.2) is 42.0 Å². The maximum Gasteiger partial charge on any atom is 0.269 e. The van der Waals surface area contributed by atoms with Gasteiger partial charge in [0.2, 0.25) is 5.91 Å². The Morgan fingerprint density at radius 3 is 2.95 bits per heavy atom. The highest BCUT2D eigenvalue weighted by atomic mass is 16.6. The number of fused-ring (bicyclic) bond motifs is 1. The Bertz CT molecular complexity index is 532. The zero-order chi connectivity index (χ0) is 14.7. The molecule has 7 heteroatoms. The lowest BCUT2D eigenvalue weighted by Crippen LogP contribution is -2.47. The summed E-state index contributed by atoms with van der Waals surface area (Å²) in [5.74, 6) is -0.191. The highest BCUT2D eigenvalue weighted by molar-refractivity contribution is 5.82. The number of amides is 1. The molecule has 1 aliphatic heterocycles. The fraction of sp³-hybridized carbons (Fsp3) is 0.462. The Balaban J connectivity index is 2.15. The molecule has 0 fully saturated rings. The zero-order valence-electron chi connectivity index (χ0n) is 11.2. The summed E-state index contributed by atoms with van der Waals surface area (Å²) in [5.41, 5.74) is 7.62. The molecule has 0 saturated carbocycles. The van der Waals surface area contributed by atoms with E-state index < -0.39 is 11.0 Å². The first kappa shape index (κ1) is 14.4. The van der Waals surface area contributed by atoms with Gasteiger partial charge in [-0.2, -0.15) is 0 Å². The van der Waals surface area contributed by atoms with E-state index in [4.69, 9.17) is 10.5 Å². The van der Waals surface area contributed by atoms with Crippen molar-refractivity contribution < 1.29 is 14.5 Å². The molecule has 1 heterocycles. The monoisotopic (exact) mass is 279 g/mol. The molecule has 1 aliphatic rings. The summed E-state index contributed by atoms with van der Waals surface area (Å²) in [5, 5.41) is 10.8. The van der Waals surface area contributed by atoms with Crippen LogP contribution in [0.1, 0.15) is 11.1 Å². The minimum atomic E-state index is -0.694. The van der Waals surface area contributed by atoms with Crippen molar-refractivity contribution >= 4 is 11.6 Å². The molecule has 1 aromatic carbocycles. The lowest BCUT2D eigenvalue weighted by molar-refractivity contribution is -0.385. The fourth-order valence-electron chi connectivity index (χ4n) is 2.33. The van der Waals surface area contributed by atoms with Crippen molar-refractivity contribution in [3.63, 3.8) is 0 Å². The number of nitrogens with two attached hydrogens (primary N) is 1. The normalized spacial score (nSPS) is 15.6. The minimum Gasteiger partial charge on any atom is -0.383 e. The Hall–Kier alpha value is -1.99. The summed E-state index contributed by atoms with van der Waals surface area (Å²) in [4.78, 5) is 24.1. The van der Waals surface area contributed by atoms with Crippen LogP contribution in [0.3, 0.4) is 0 Å². The van der Waals surface area contributed by atoms with Crippen LogP contribution in [0.25, 0.3) is 0 Å². The van der Waals surface area contributed by atoms with Crippen LogP contribution >= 0.6 is 0 Å². The van der Waals surface area contributed by atoms with E-state index in [9.17, 15) is 14.9 Å². The second kappa shape index (κ2) is 5.98. The number of hydrogen-bond acceptors (Lipinski definition) is 5. The lowest BCUT2D eigenvalue weighted by atomic mass is 9.98. The van der Waals surface area contributed by atoms with E-state index in [0.29, 0.717) is 19.5 Å². The van der Waals surface area contributed by atoms with E-state index in [1.807, 2.05) is 0 Å². The summed E-state index contributed by atoms with van der Waals surface area (Å²) in [6.07, 6.45) is 0.679. The Kier molecular flexibility index (Phi) is 4.31. The number of benzene rings is 1. The molecule has 1 atom stereocenters. The van der Waals surface area contributed by atoms with Crippen molar-refractivity contribution in [2.75, 3.05) is 20.3 Å². The van der Waals surface area contributed by atoms with Gasteiger partial charge in [0.1, 0.15) is 6.04 Å². The third kappa shape index (κ3) is 2.94. The minimum absolute atomic E-state index is 0.0410. The first-order valence-corrected chi connectivity index (χ1v) is 6.32. The molecule has 0 saturated heterocycles. The Labute approximate surface area is 116 Å². The summed E-state index contributed by atoms with van der Waals surface area (Å²) in [7, 11) is 1.49. The van der Waals surface area contributed by atoms with E-state index in [0.717, 1.165) is 11.1 Å². The summed E-state index contributed by atoms with van der Waals surface area (Å²) >= 11 is 0. The summed E-state index contributed by atoms with van der Waals surface area (Å²) < 4.78 is 4.87. The van der Waals surface area contributed by atoms with Gasteiger partial charge in [0.25, 0.3) is 5.69 Å². The molecule has 1 aromatic rings. The number of nitro benzene ring substituents is 1. The van der Waals surface area contributed by atoms with E-state index in [-0.39, 0.29) is 18.2 Å². The predicted octanol–water partition coefficient (Wildman–Crippen LogP) is 0.453. The van der Waals surface area contributed by atoms with Crippen molar-refractivity contribution in [2.24, 2.45) is 5.73 Å². The second-order valence-electron chi connectivity index (χ2n) is 4.78. The van der Waals surface area contributed by atoms with E-state index in [1.54, 1.807) is 11.0 Å². The molecule has 1 amide bonds. The number of non-ortho nitro benzene ring substituents is 1. The zero-order valence-corrected chi connectivity index (χ0v) is 11.2. The average Bonchev–Trinajstić information content (AvgIpc) is 2.45. The molecule has 108 valence electrons. The van der Waals surface area contributed by atoms with Crippen LogP contribution in [0, 0.1) is 10.1 Å². The first-order chi connectivity index (χ1) is 9.52. The largest absolute Gasteiger partial charge is 0.383 e. The van der Waals surface area contributed by atoms with Crippen LogP contribution in [0.5, 0.6) is 0 Å². The van der Waals surface area contributed by atoms with Crippen molar-refractivity contribution in [1.29, 1.82) is 0 Å². The number of nitrogens with zero attached hydrogens (tertiary/aromatic N) is 2. The third-order valence-electron chi connectivity index (χ3n) is 3.39. The molecule has 2 rings (SSSR count). The van der Waals surface area contributed by atoms with Gasteiger partial charge in [-0.05, 0) is 17.5 Å². The number of nitro groups is 1. The standard InChI is InChI=1S/C13H17N3O4/c1-20-8-12(14)13(17)15-5-4-9-2-3-11(16(18)19)6-10(9)7-15/h2-3,6,12H,4-5,7-8,14H2,1H3. The summed E-state index contributed by atoms with van der Waals surface area (Å²) in [6.45, 7) is 1.09. The van der Waals surface area contributed by atoms with Crippen molar-refractivity contribution in [3.05, 3.63) is 39.4 Å². The molecular formula is C13H17N3O4. The van der Waals surface area contributed by atoms with Gasteiger partial charge in [0.15, 0.2) is 0 Å².